The fourth-order valence-corrected chi connectivity index (χ4v) is 2.74. The van der Waals surface area contributed by atoms with Gasteiger partial charge < -0.3 is 4.79 Å². The van der Waals surface area contributed by atoms with E-state index < -0.39 is 11.7 Å². The fourth-order valence-electron chi connectivity index (χ4n) is 2.74. The zero-order valence-electron chi connectivity index (χ0n) is 20.1. The smallest absolute Gasteiger partial charge is 0.312 e. The second kappa shape index (κ2) is 14.7. The van der Waals surface area contributed by atoms with E-state index in [1.54, 1.807) is 13.0 Å². The summed E-state index contributed by atoms with van der Waals surface area (Å²) in [5, 5.41) is 0. The highest BCUT2D eigenvalue weighted by Crippen LogP contribution is 2.34. The van der Waals surface area contributed by atoms with Gasteiger partial charge in [0.2, 0.25) is 7.28 Å². The quantitative estimate of drug-likeness (QED) is 0.413. The molecule has 0 aliphatic carbocycles. The fraction of sp³-hybridized carbons (Fsp3) is 0.708. The number of hydrogen-bond acceptors (Lipinski definition) is 1. The molecule has 1 rings (SSSR count). The summed E-state index contributed by atoms with van der Waals surface area (Å²) in [6.07, 6.45) is -2.25. The number of aryl methyl sites for hydroxylation is 1. The Balaban J connectivity index is 0. The maximum absolute atomic E-state index is 12.9. The van der Waals surface area contributed by atoms with E-state index in [0.29, 0.717) is 11.1 Å². The SMILES string of the molecule is CC.CCC(C)C(C)C.CC[C@@H](C)C([B]C(C)=O)c1cc(C)cc(C(F)(F)F)c1. The summed E-state index contributed by atoms with van der Waals surface area (Å²) < 4.78 is 38.6. The molecule has 0 bridgehead atoms. The molecule has 0 N–H and O–H groups in total. The van der Waals surface area contributed by atoms with Crippen molar-refractivity contribution < 1.29 is 18.0 Å². The highest BCUT2D eigenvalue weighted by Gasteiger charge is 2.32. The first-order valence-electron chi connectivity index (χ1n) is 10.9. The molecule has 1 aromatic rings. The van der Waals surface area contributed by atoms with Crippen LogP contribution >= 0.6 is 0 Å². The predicted molar refractivity (Wildman–Crippen MR) is 120 cm³/mol. The molecule has 0 heterocycles. The molecular weight excluding hydrogens is 372 g/mol. The van der Waals surface area contributed by atoms with Crippen molar-refractivity contribution in [3.05, 3.63) is 34.9 Å². The zero-order valence-corrected chi connectivity index (χ0v) is 20.1. The van der Waals surface area contributed by atoms with Crippen LogP contribution in [0.5, 0.6) is 0 Å². The van der Waals surface area contributed by atoms with E-state index in [4.69, 9.17) is 0 Å². The highest BCUT2D eigenvalue weighted by atomic mass is 19.4. The van der Waals surface area contributed by atoms with E-state index in [1.807, 2.05) is 27.7 Å². The van der Waals surface area contributed by atoms with Crippen molar-refractivity contribution in [3.63, 3.8) is 0 Å². The van der Waals surface area contributed by atoms with Crippen molar-refractivity contribution in [1.82, 2.24) is 0 Å². The molecule has 1 nitrogen and oxygen atoms in total. The number of carbonyl (C=O) groups is 1. The number of carbonyl (C=O) groups excluding carboxylic acids is 1. The first-order valence-corrected chi connectivity index (χ1v) is 10.9. The Hall–Kier alpha value is -1.26. The number of rotatable bonds is 7. The van der Waals surface area contributed by atoms with Gasteiger partial charge in [0.15, 0.2) is 0 Å². The molecule has 29 heavy (non-hydrogen) atoms. The molecule has 1 aromatic carbocycles. The minimum absolute atomic E-state index is 0.113. The molecule has 5 heteroatoms. The van der Waals surface area contributed by atoms with E-state index in [1.165, 1.54) is 20.6 Å². The molecule has 2 unspecified atom stereocenters. The third-order valence-corrected chi connectivity index (χ3v) is 5.27. The number of benzene rings is 1. The molecule has 0 aromatic heterocycles. The summed E-state index contributed by atoms with van der Waals surface area (Å²) in [5.74, 6) is 1.60. The van der Waals surface area contributed by atoms with Crippen LogP contribution < -0.4 is 0 Å². The second-order valence-electron chi connectivity index (χ2n) is 7.95. The third kappa shape index (κ3) is 12.1. The Morgan fingerprint density at radius 1 is 0.966 bits per heavy atom. The van der Waals surface area contributed by atoms with Gasteiger partial charge in [-0.1, -0.05) is 85.4 Å². The second-order valence-corrected chi connectivity index (χ2v) is 7.95. The molecule has 0 aliphatic heterocycles. The summed E-state index contributed by atoms with van der Waals surface area (Å²) in [5.41, 5.74) is 0.338. The molecule has 3 atom stereocenters. The lowest BCUT2D eigenvalue weighted by Crippen LogP contribution is -2.22. The molecule has 0 aliphatic rings. The van der Waals surface area contributed by atoms with E-state index in [9.17, 15) is 18.0 Å². The first-order chi connectivity index (χ1) is 13.3. The van der Waals surface area contributed by atoms with Crippen molar-refractivity contribution in [1.29, 1.82) is 0 Å². The van der Waals surface area contributed by atoms with Crippen LogP contribution in [-0.4, -0.2) is 13.0 Å². The average molecular weight is 413 g/mol. The van der Waals surface area contributed by atoms with Crippen molar-refractivity contribution >= 4 is 13.0 Å². The van der Waals surface area contributed by atoms with Gasteiger partial charge in [0.05, 0.1) is 11.2 Å². The molecule has 0 saturated carbocycles. The Morgan fingerprint density at radius 2 is 1.45 bits per heavy atom. The van der Waals surface area contributed by atoms with Crippen molar-refractivity contribution in [2.45, 2.75) is 94.1 Å². The highest BCUT2D eigenvalue weighted by molar-refractivity contribution is 6.74. The molecule has 0 amide bonds. The third-order valence-electron chi connectivity index (χ3n) is 5.27. The van der Waals surface area contributed by atoms with Crippen molar-refractivity contribution in [2.24, 2.45) is 17.8 Å². The standard InChI is InChI=1S/C15H19BF3O.C7H16.C2H6/c1-5-10(3)14(16-11(4)20)12-6-9(2)7-13(8-12)15(17,18)19;1-5-7(4)6(2)3;1-2/h6-8,10,14H,5H2,1-4H3;6-7H,5H2,1-4H3;1-2H3/t10-,14?;;/m1../s1. The minimum atomic E-state index is -4.36. The largest absolute Gasteiger partial charge is 0.416 e. The molecule has 0 saturated heterocycles. The van der Waals surface area contributed by atoms with Crippen molar-refractivity contribution in [2.75, 3.05) is 0 Å². The number of halogens is 3. The Kier molecular flexibility index (Phi) is 15.2. The van der Waals surface area contributed by atoms with Gasteiger partial charge in [0.25, 0.3) is 0 Å². The van der Waals surface area contributed by atoms with E-state index in [2.05, 4.69) is 27.7 Å². The van der Waals surface area contributed by atoms with Crippen molar-refractivity contribution in [3.8, 4) is 0 Å². The van der Waals surface area contributed by atoms with Crippen LogP contribution in [0.1, 0.15) is 97.7 Å². The van der Waals surface area contributed by atoms with Gasteiger partial charge in [0.1, 0.15) is 0 Å². The minimum Gasteiger partial charge on any atom is -0.312 e. The van der Waals surface area contributed by atoms with Gasteiger partial charge in [-0.3, -0.25) is 0 Å². The summed E-state index contributed by atoms with van der Waals surface area (Å²) in [6.45, 7) is 20.1. The van der Waals surface area contributed by atoms with Gasteiger partial charge in [-0.05, 0) is 49.6 Å². The predicted octanol–water partition coefficient (Wildman–Crippen LogP) is 8.07. The summed E-state index contributed by atoms with van der Waals surface area (Å²) in [4.78, 5) is 11.3. The monoisotopic (exact) mass is 413 g/mol. The summed E-state index contributed by atoms with van der Waals surface area (Å²) in [6, 6.07) is 4.01. The van der Waals surface area contributed by atoms with Crippen LogP contribution in [0.3, 0.4) is 0 Å². The average Bonchev–Trinajstić information content (AvgIpc) is 2.65. The lowest BCUT2D eigenvalue weighted by atomic mass is 9.54. The molecule has 0 spiro atoms. The first kappa shape index (κ1) is 29.9. The zero-order chi connectivity index (χ0) is 23.4. The van der Waals surface area contributed by atoms with Gasteiger partial charge in [-0.25, -0.2) is 0 Å². The summed E-state index contributed by atoms with van der Waals surface area (Å²) >= 11 is 0. The Morgan fingerprint density at radius 3 is 1.76 bits per heavy atom. The van der Waals surface area contributed by atoms with Crippen LogP contribution in [-0.2, 0) is 11.0 Å². The van der Waals surface area contributed by atoms with Gasteiger partial charge in [-0.15, -0.1) is 0 Å². The van der Waals surface area contributed by atoms with Gasteiger partial charge in [0, 0.05) is 0 Å². The van der Waals surface area contributed by atoms with E-state index >= 15 is 0 Å². The van der Waals surface area contributed by atoms with Crippen LogP contribution in [0.25, 0.3) is 0 Å². The van der Waals surface area contributed by atoms with Gasteiger partial charge in [-0.2, -0.15) is 13.2 Å². The topological polar surface area (TPSA) is 17.1 Å². The van der Waals surface area contributed by atoms with Crippen LogP contribution in [0.15, 0.2) is 18.2 Å². The number of hydrogen-bond donors (Lipinski definition) is 0. The van der Waals surface area contributed by atoms with Crippen LogP contribution in [0.4, 0.5) is 13.2 Å². The van der Waals surface area contributed by atoms with E-state index in [-0.39, 0.29) is 17.4 Å². The molecule has 0 fully saturated rings. The van der Waals surface area contributed by atoms with Crippen LogP contribution in [0.2, 0.25) is 0 Å². The van der Waals surface area contributed by atoms with Gasteiger partial charge >= 0.3 is 6.18 Å². The Labute approximate surface area is 178 Å². The maximum atomic E-state index is 12.9. The molecule has 1 radical (unpaired) electrons. The number of alkyl halides is 3. The van der Waals surface area contributed by atoms with Crippen LogP contribution in [0, 0.1) is 24.7 Å². The molecular formula is C24H41BF3O. The lowest BCUT2D eigenvalue weighted by Gasteiger charge is -2.23. The maximum Gasteiger partial charge on any atom is 0.416 e. The normalized spacial score (nSPS) is 14.0. The lowest BCUT2D eigenvalue weighted by molar-refractivity contribution is -0.137. The molecule has 167 valence electrons. The summed E-state index contributed by atoms with van der Waals surface area (Å²) in [7, 11) is 1.52. The Bertz CT molecular complexity index is 582. The van der Waals surface area contributed by atoms with E-state index in [0.717, 1.165) is 30.4 Å².